The second-order valence-electron chi connectivity index (χ2n) is 6.11. The first-order valence-electron chi connectivity index (χ1n) is 8.80. The van der Waals surface area contributed by atoms with Crippen LogP contribution in [0.4, 0.5) is 0 Å². The molecule has 2 aromatic carbocycles. The molecular formula is C22H18N4OS. The van der Waals surface area contributed by atoms with Gasteiger partial charge in [-0.15, -0.1) is 0 Å². The molecule has 0 aliphatic heterocycles. The molecule has 2 N–H and O–H groups in total. The highest BCUT2D eigenvalue weighted by molar-refractivity contribution is 7.99. The maximum Gasteiger partial charge on any atom is 0.252 e. The average Bonchev–Trinajstić information content (AvgIpc) is 3.15. The second kappa shape index (κ2) is 8.10. The molecule has 0 radical (unpaired) electrons. The highest BCUT2D eigenvalue weighted by atomic mass is 32.2. The van der Waals surface area contributed by atoms with Crippen molar-refractivity contribution in [3.63, 3.8) is 0 Å². The van der Waals surface area contributed by atoms with E-state index in [-0.39, 0.29) is 5.91 Å². The highest BCUT2D eigenvalue weighted by Gasteiger charge is 2.11. The molecule has 0 aliphatic carbocycles. The molecule has 0 unspecified atom stereocenters. The first-order valence-corrected chi connectivity index (χ1v) is 9.61. The van der Waals surface area contributed by atoms with Gasteiger partial charge in [0.1, 0.15) is 0 Å². The van der Waals surface area contributed by atoms with Gasteiger partial charge in [0, 0.05) is 34.6 Å². The molecule has 1 amide bonds. The standard InChI is InChI=1S/C22H18N4OS/c1-23-22(27)18-4-2-3-5-21(18)28-16-7-8-17-19(25-26-20(17)14-16)9-6-15-10-12-24-13-11-15/h2-14H,1H3,(H,23,27)(H,25,26)/b9-6+. The highest BCUT2D eigenvalue weighted by Crippen LogP contribution is 2.32. The summed E-state index contributed by atoms with van der Waals surface area (Å²) in [5.41, 5.74) is 3.58. The van der Waals surface area contributed by atoms with Crippen LogP contribution in [0.15, 0.2) is 76.8 Å². The van der Waals surface area contributed by atoms with Gasteiger partial charge in [0.2, 0.25) is 0 Å². The summed E-state index contributed by atoms with van der Waals surface area (Å²) in [5.74, 6) is -0.0887. The molecule has 28 heavy (non-hydrogen) atoms. The summed E-state index contributed by atoms with van der Waals surface area (Å²) in [6.45, 7) is 0. The number of nitrogens with one attached hydrogen (secondary N) is 2. The maximum absolute atomic E-state index is 12.1. The number of H-pyrrole nitrogens is 1. The second-order valence-corrected chi connectivity index (χ2v) is 7.22. The van der Waals surface area contributed by atoms with Crippen molar-refractivity contribution in [3.05, 3.63) is 83.8 Å². The Kier molecular flexibility index (Phi) is 5.21. The third kappa shape index (κ3) is 3.82. The van der Waals surface area contributed by atoms with Gasteiger partial charge in [-0.2, -0.15) is 5.10 Å². The number of amides is 1. The number of carbonyl (C=O) groups is 1. The summed E-state index contributed by atoms with van der Waals surface area (Å²) in [5, 5.41) is 11.2. The summed E-state index contributed by atoms with van der Waals surface area (Å²) in [4.78, 5) is 18.1. The van der Waals surface area contributed by atoms with E-state index in [2.05, 4.69) is 32.6 Å². The van der Waals surface area contributed by atoms with Crippen LogP contribution in [0.5, 0.6) is 0 Å². The Morgan fingerprint density at radius 2 is 1.89 bits per heavy atom. The smallest absolute Gasteiger partial charge is 0.252 e. The van der Waals surface area contributed by atoms with Crippen molar-refractivity contribution in [3.8, 4) is 0 Å². The third-order valence-electron chi connectivity index (χ3n) is 4.29. The van der Waals surface area contributed by atoms with Crippen LogP contribution in [0.3, 0.4) is 0 Å². The number of nitrogens with zero attached hydrogens (tertiary/aromatic N) is 2. The SMILES string of the molecule is CNC(=O)c1ccccc1Sc1ccc2c(/C=C/c3ccncc3)n[nH]c2c1. The van der Waals surface area contributed by atoms with E-state index in [4.69, 9.17) is 0 Å². The van der Waals surface area contributed by atoms with Crippen LogP contribution in [0, 0.1) is 0 Å². The van der Waals surface area contributed by atoms with Gasteiger partial charge < -0.3 is 5.32 Å². The van der Waals surface area contributed by atoms with Crippen LogP contribution in [0.2, 0.25) is 0 Å². The third-order valence-corrected chi connectivity index (χ3v) is 5.36. The fourth-order valence-corrected chi connectivity index (χ4v) is 3.85. The predicted octanol–water partition coefficient (Wildman–Crippen LogP) is 4.64. The van der Waals surface area contributed by atoms with Crippen molar-refractivity contribution in [1.82, 2.24) is 20.5 Å². The quantitative estimate of drug-likeness (QED) is 0.524. The van der Waals surface area contributed by atoms with E-state index < -0.39 is 0 Å². The number of benzene rings is 2. The van der Waals surface area contributed by atoms with E-state index >= 15 is 0 Å². The minimum absolute atomic E-state index is 0.0887. The summed E-state index contributed by atoms with van der Waals surface area (Å²) >= 11 is 1.56. The Labute approximate surface area is 166 Å². The molecule has 0 aliphatic rings. The minimum atomic E-state index is -0.0887. The Morgan fingerprint density at radius 1 is 1.07 bits per heavy atom. The van der Waals surface area contributed by atoms with Crippen LogP contribution in [-0.4, -0.2) is 28.1 Å². The van der Waals surface area contributed by atoms with Gasteiger partial charge in [-0.3, -0.25) is 14.9 Å². The molecule has 138 valence electrons. The number of aromatic amines is 1. The largest absolute Gasteiger partial charge is 0.355 e. The van der Waals surface area contributed by atoms with Crippen LogP contribution in [-0.2, 0) is 0 Å². The van der Waals surface area contributed by atoms with E-state index in [1.54, 1.807) is 31.2 Å². The Morgan fingerprint density at radius 3 is 2.71 bits per heavy atom. The molecule has 0 fully saturated rings. The zero-order valence-electron chi connectivity index (χ0n) is 15.2. The lowest BCUT2D eigenvalue weighted by atomic mass is 10.2. The number of pyridine rings is 1. The summed E-state index contributed by atoms with van der Waals surface area (Å²) in [6.07, 6.45) is 7.53. The number of rotatable bonds is 5. The summed E-state index contributed by atoms with van der Waals surface area (Å²) in [7, 11) is 1.64. The van der Waals surface area contributed by atoms with Crippen LogP contribution >= 0.6 is 11.8 Å². The van der Waals surface area contributed by atoms with Crippen LogP contribution in [0.25, 0.3) is 23.1 Å². The molecule has 0 saturated carbocycles. The van der Waals surface area contributed by atoms with Gasteiger partial charge in [-0.25, -0.2) is 0 Å². The topological polar surface area (TPSA) is 70.7 Å². The van der Waals surface area contributed by atoms with Crippen molar-refractivity contribution in [2.45, 2.75) is 9.79 Å². The fraction of sp³-hybridized carbons (Fsp3) is 0.0455. The number of hydrogen-bond acceptors (Lipinski definition) is 4. The zero-order chi connectivity index (χ0) is 19.3. The van der Waals surface area contributed by atoms with Crippen molar-refractivity contribution in [2.24, 2.45) is 0 Å². The molecular weight excluding hydrogens is 368 g/mol. The first-order chi connectivity index (χ1) is 13.7. The van der Waals surface area contributed by atoms with Crippen molar-refractivity contribution in [1.29, 1.82) is 0 Å². The summed E-state index contributed by atoms with van der Waals surface area (Å²) < 4.78 is 0. The van der Waals surface area contributed by atoms with Crippen molar-refractivity contribution >= 4 is 40.7 Å². The number of fused-ring (bicyclic) bond motifs is 1. The first kappa shape index (κ1) is 18.0. The lowest BCUT2D eigenvalue weighted by Crippen LogP contribution is -2.18. The zero-order valence-corrected chi connectivity index (χ0v) is 16.0. The van der Waals surface area contributed by atoms with Crippen LogP contribution in [0.1, 0.15) is 21.6 Å². The fourth-order valence-electron chi connectivity index (χ4n) is 2.87. The number of aromatic nitrogens is 3. The molecule has 4 aromatic rings. The normalized spacial score (nSPS) is 11.2. The van der Waals surface area contributed by atoms with Crippen molar-refractivity contribution in [2.75, 3.05) is 7.05 Å². The Bertz CT molecular complexity index is 1150. The van der Waals surface area contributed by atoms with Gasteiger partial charge in [0.05, 0.1) is 16.8 Å². The Hall–Kier alpha value is -3.38. The molecule has 0 atom stereocenters. The van der Waals surface area contributed by atoms with E-state index in [0.717, 1.165) is 32.0 Å². The predicted molar refractivity (Wildman–Crippen MR) is 113 cm³/mol. The molecule has 0 saturated heterocycles. The monoisotopic (exact) mass is 386 g/mol. The molecule has 4 rings (SSSR count). The molecule has 5 nitrogen and oxygen atoms in total. The van der Waals surface area contributed by atoms with E-state index in [1.165, 1.54) is 0 Å². The van der Waals surface area contributed by atoms with Gasteiger partial charge >= 0.3 is 0 Å². The van der Waals surface area contributed by atoms with E-state index in [0.29, 0.717) is 5.56 Å². The lowest BCUT2D eigenvalue weighted by molar-refractivity contribution is 0.0960. The average molecular weight is 386 g/mol. The van der Waals surface area contributed by atoms with Crippen molar-refractivity contribution < 1.29 is 4.79 Å². The maximum atomic E-state index is 12.1. The van der Waals surface area contributed by atoms with Gasteiger partial charge in [0.25, 0.3) is 5.91 Å². The van der Waals surface area contributed by atoms with E-state index in [1.807, 2.05) is 54.6 Å². The molecule has 6 heteroatoms. The number of hydrogen-bond donors (Lipinski definition) is 2. The van der Waals surface area contributed by atoms with E-state index in [9.17, 15) is 4.79 Å². The minimum Gasteiger partial charge on any atom is -0.355 e. The molecule has 0 spiro atoms. The van der Waals surface area contributed by atoms with Gasteiger partial charge in [0.15, 0.2) is 0 Å². The molecule has 0 bridgehead atoms. The van der Waals surface area contributed by atoms with Gasteiger partial charge in [-0.05, 0) is 54.1 Å². The number of carbonyl (C=O) groups excluding carboxylic acids is 1. The Balaban J connectivity index is 1.60. The molecule has 2 aromatic heterocycles. The summed E-state index contributed by atoms with van der Waals surface area (Å²) in [6, 6.07) is 17.6. The molecule has 2 heterocycles. The van der Waals surface area contributed by atoms with Gasteiger partial charge in [-0.1, -0.05) is 30.0 Å². The lowest BCUT2D eigenvalue weighted by Gasteiger charge is -2.08. The van der Waals surface area contributed by atoms with Crippen LogP contribution < -0.4 is 5.32 Å².